The predicted octanol–water partition coefficient (Wildman–Crippen LogP) is 3.36. The van der Waals surface area contributed by atoms with E-state index in [9.17, 15) is 5.11 Å². The van der Waals surface area contributed by atoms with Crippen molar-refractivity contribution in [3.63, 3.8) is 0 Å². The Labute approximate surface area is 153 Å². The zero-order valence-corrected chi connectivity index (χ0v) is 15.6. The van der Waals surface area contributed by atoms with Crippen LogP contribution in [0.1, 0.15) is 32.6 Å². The summed E-state index contributed by atoms with van der Waals surface area (Å²) in [6.07, 6.45) is 6.83. The van der Waals surface area contributed by atoms with Crippen LogP contribution in [-0.4, -0.2) is 45.8 Å². The molecule has 0 aliphatic heterocycles. The molecule has 0 unspecified atom stereocenters. The quantitative estimate of drug-likeness (QED) is 0.813. The van der Waals surface area contributed by atoms with E-state index in [2.05, 4.69) is 20.3 Å². The number of hydrogen-bond acceptors (Lipinski definition) is 6. The summed E-state index contributed by atoms with van der Waals surface area (Å²) in [4.78, 5) is 15.1. The molecule has 0 atom stereocenters. The molecule has 3 rings (SSSR count). The molecule has 1 fully saturated rings. The Morgan fingerprint density at radius 3 is 2.68 bits per heavy atom. The summed E-state index contributed by atoms with van der Waals surface area (Å²) in [7, 11) is 3.89. The highest BCUT2D eigenvalue weighted by molar-refractivity contribution is 6.29. The molecule has 2 heterocycles. The van der Waals surface area contributed by atoms with E-state index in [1.54, 1.807) is 12.4 Å². The number of aromatic nitrogens is 3. The fourth-order valence-electron chi connectivity index (χ4n) is 3.06. The third-order valence-corrected chi connectivity index (χ3v) is 4.84. The lowest BCUT2D eigenvalue weighted by Crippen LogP contribution is -2.35. The van der Waals surface area contributed by atoms with Crippen LogP contribution in [0, 0.1) is 0 Å². The first kappa shape index (κ1) is 17.9. The second-order valence-electron chi connectivity index (χ2n) is 7.10. The van der Waals surface area contributed by atoms with Gasteiger partial charge in [0.25, 0.3) is 0 Å². The van der Waals surface area contributed by atoms with Crippen molar-refractivity contribution in [1.29, 1.82) is 0 Å². The number of nitrogens with zero attached hydrogens (tertiary/aromatic N) is 4. The Kier molecular flexibility index (Phi) is 5.11. The monoisotopic (exact) mass is 361 g/mol. The van der Waals surface area contributed by atoms with Crippen molar-refractivity contribution < 1.29 is 5.11 Å². The van der Waals surface area contributed by atoms with Crippen LogP contribution in [0.15, 0.2) is 24.5 Å². The topological polar surface area (TPSA) is 74.2 Å². The molecule has 0 radical (unpaired) electrons. The molecular formula is C18H24ClN5O. The molecule has 0 spiro atoms. The maximum Gasteiger partial charge on any atom is 0.165 e. The summed E-state index contributed by atoms with van der Waals surface area (Å²) in [5.74, 6) is 1.44. The highest BCUT2D eigenvalue weighted by Gasteiger charge is 2.29. The molecular weight excluding hydrogens is 338 g/mol. The average molecular weight is 362 g/mol. The van der Waals surface area contributed by atoms with Crippen LogP contribution < -0.4 is 10.2 Å². The highest BCUT2D eigenvalue weighted by Crippen LogP contribution is 2.33. The van der Waals surface area contributed by atoms with Crippen LogP contribution in [0.3, 0.4) is 0 Å². The standard InChI is InChI=1S/C18H24ClN5O/c1-18(25)7-4-12(5-8-18)22-14-10-15(19)21-11-13(14)17-20-9-6-16(23-17)24(2)3/h6,9-12,25H,4-5,7-8H2,1-3H3,(H,21,22). The van der Waals surface area contributed by atoms with Crippen LogP contribution in [0.2, 0.25) is 5.15 Å². The lowest BCUT2D eigenvalue weighted by Gasteiger charge is -2.34. The number of aliphatic hydroxyl groups is 1. The van der Waals surface area contributed by atoms with E-state index in [1.807, 2.05) is 38.1 Å². The Balaban J connectivity index is 1.87. The van der Waals surface area contributed by atoms with Crippen LogP contribution in [0.4, 0.5) is 11.5 Å². The second-order valence-corrected chi connectivity index (χ2v) is 7.49. The van der Waals surface area contributed by atoms with Crippen molar-refractivity contribution in [2.24, 2.45) is 0 Å². The van der Waals surface area contributed by atoms with Gasteiger partial charge in [-0.05, 0) is 44.7 Å². The van der Waals surface area contributed by atoms with E-state index in [0.29, 0.717) is 11.0 Å². The van der Waals surface area contributed by atoms with E-state index in [1.165, 1.54) is 0 Å². The summed E-state index contributed by atoms with van der Waals surface area (Å²) in [6, 6.07) is 3.97. The van der Waals surface area contributed by atoms with Crippen molar-refractivity contribution in [2.75, 3.05) is 24.3 Å². The average Bonchev–Trinajstić information content (AvgIpc) is 2.57. The minimum atomic E-state index is -0.556. The second kappa shape index (κ2) is 7.14. The molecule has 6 nitrogen and oxygen atoms in total. The van der Waals surface area contributed by atoms with Gasteiger partial charge in [0.1, 0.15) is 11.0 Å². The molecule has 134 valence electrons. The van der Waals surface area contributed by atoms with Crippen LogP contribution in [-0.2, 0) is 0 Å². The largest absolute Gasteiger partial charge is 0.390 e. The molecule has 25 heavy (non-hydrogen) atoms. The molecule has 0 aromatic carbocycles. The van der Waals surface area contributed by atoms with Gasteiger partial charge >= 0.3 is 0 Å². The third kappa shape index (κ3) is 4.38. The number of nitrogens with one attached hydrogen (secondary N) is 1. The maximum atomic E-state index is 10.1. The number of anilines is 2. The van der Waals surface area contributed by atoms with Gasteiger partial charge < -0.3 is 15.3 Å². The van der Waals surface area contributed by atoms with Crippen LogP contribution >= 0.6 is 11.6 Å². The fraction of sp³-hybridized carbons (Fsp3) is 0.500. The molecule has 0 bridgehead atoms. The van der Waals surface area contributed by atoms with Gasteiger partial charge in [-0.3, -0.25) is 0 Å². The highest BCUT2D eigenvalue weighted by atomic mass is 35.5. The number of hydrogen-bond donors (Lipinski definition) is 2. The number of halogens is 1. The zero-order valence-electron chi connectivity index (χ0n) is 14.8. The van der Waals surface area contributed by atoms with E-state index >= 15 is 0 Å². The lowest BCUT2D eigenvalue weighted by molar-refractivity contribution is 0.0196. The van der Waals surface area contributed by atoms with Crippen molar-refractivity contribution in [1.82, 2.24) is 15.0 Å². The zero-order chi connectivity index (χ0) is 18.0. The predicted molar refractivity (Wildman–Crippen MR) is 101 cm³/mol. The Bertz CT molecular complexity index is 740. The van der Waals surface area contributed by atoms with Gasteiger partial charge in [0.05, 0.1) is 16.9 Å². The van der Waals surface area contributed by atoms with E-state index in [-0.39, 0.29) is 6.04 Å². The summed E-state index contributed by atoms with van der Waals surface area (Å²) in [5, 5.41) is 14.1. The summed E-state index contributed by atoms with van der Waals surface area (Å²) < 4.78 is 0. The molecule has 2 aromatic rings. The number of rotatable bonds is 4. The fourth-order valence-corrected chi connectivity index (χ4v) is 3.22. The molecule has 1 saturated carbocycles. The first-order chi connectivity index (χ1) is 11.8. The smallest absolute Gasteiger partial charge is 0.165 e. The molecule has 2 aromatic heterocycles. The first-order valence-electron chi connectivity index (χ1n) is 8.49. The Hall–Kier alpha value is -1.92. The van der Waals surface area contributed by atoms with Gasteiger partial charge in [-0.2, -0.15) is 0 Å². The SMILES string of the molecule is CN(C)c1ccnc(-c2cnc(Cl)cc2NC2CCC(C)(O)CC2)n1. The van der Waals surface area contributed by atoms with Crippen molar-refractivity contribution in [3.8, 4) is 11.4 Å². The molecule has 7 heteroatoms. The lowest BCUT2D eigenvalue weighted by atomic mass is 9.83. The molecule has 1 aliphatic rings. The molecule has 0 amide bonds. The van der Waals surface area contributed by atoms with Gasteiger partial charge in [0.2, 0.25) is 0 Å². The van der Waals surface area contributed by atoms with Gasteiger partial charge in [-0.15, -0.1) is 0 Å². The normalized spacial score (nSPS) is 23.3. The van der Waals surface area contributed by atoms with Crippen molar-refractivity contribution in [2.45, 2.75) is 44.2 Å². The van der Waals surface area contributed by atoms with Crippen LogP contribution in [0.5, 0.6) is 0 Å². The van der Waals surface area contributed by atoms with Crippen LogP contribution in [0.25, 0.3) is 11.4 Å². The third-order valence-electron chi connectivity index (χ3n) is 4.63. The Morgan fingerprint density at radius 1 is 1.28 bits per heavy atom. The number of pyridine rings is 1. The van der Waals surface area contributed by atoms with Gasteiger partial charge in [-0.25, -0.2) is 15.0 Å². The maximum absolute atomic E-state index is 10.1. The Morgan fingerprint density at radius 2 is 2.00 bits per heavy atom. The summed E-state index contributed by atoms with van der Waals surface area (Å²) in [5.41, 5.74) is 1.15. The van der Waals surface area contributed by atoms with Gasteiger partial charge in [0, 0.05) is 32.5 Å². The minimum absolute atomic E-state index is 0.287. The van der Waals surface area contributed by atoms with Crippen molar-refractivity contribution in [3.05, 3.63) is 29.7 Å². The summed E-state index contributed by atoms with van der Waals surface area (Å²) >= 11 is 6.11. The molecule has 1 aliphatic carbocycles. The molecule has 0 saturated heterocycles. The molecule has 2 N–H and O–H groups in total. The van der Waals surface area contributed by atoms with E-state index < -0.39 is 5.60 Å². The van der Waals surface area contributed by atoms with Gasteiger partial charge in [-0.1, -0.05) is 11.6 Å². The minimum Gasteiger partial charge on any atom is -0.390 e. The van der Waals surface area contributed by atoms with Crippen molar-refractivity contribution >= 4 is 23.1 Å². The van der Waals surface area contributed by atoms with Gasteiger partial charge in [0.15, 0.2) is 5.82 Å². The van der Waals surface area contributed by atoms with E-state index in [0.717, 1.165) is 42.8 Å². The first-order valence-corrected chi connectivity index (χ1v) is 8.87. The summed E-state index contributed by atoms with van der Waals surface area (Å²) in [6.45, 7) is 1.90. The van der Waals surface area contributed by atoms with E-state index in [4.69, 9.17) is 11.6 Å².